The number of anilines is 1. The average molecular weight is 323 g/mol. The number of aromatic nitrogens is 2. The molecule has 0 aliphatic carbocycles. The molecule has 3 aromatic rings. The van der Waals surface area contributed by atoms with Crippen LogP contribution in [0.3, 0.4) is 0 Å². The topological polar surface area (TPSA) is 46.9 Å². The summed E-state index contributed by atoms with van der Waals surface area (Å²) < 4.78 is 2.18. The van der Waals surface area contributed by atoms with Crippen LogP contribution >= 0.6 is 11.3 Å². The summed E-state index contributed by atoms with van der Waals surface area (Å²) >= 11 is 1.40. The quantitative estimate of drug-likeness (QED) is 0.731. The van der Waals surface area contributed by atoms with E-state index in [1.54, 1.807) is 12.3 Å². The van der Waals surface area contributed by atoms with E-state index in [9.17, 15) is 4.79 Å². The Balaban J connectivity index is 1.81. The normalized spacial score (nSPS) is 11.0. The van der Waals surface area contributed by atoms with Crippen molar-refractivity contribution in [3.8, 4) is 5.69 Å². The Hall–Kier alpha value is -2.66. The predicted molar refractivity (Wildman–Crippen MR) is 95.0 cm³/mol. The number of nitrogens with one attached hydrogen (secondary N) is 1. The van der Waals surface area contributed by atoms with Crippen molar-refractivity contribution in [2.45, 2.75) is 13.8 Å². The van der Waals surface area contributed by atoms with Gasteiger partial charge in [0.05, 0.1) is 0 Å². The fourth-order valence-corrected chi connectivity index (χ4v) is 3.06. The zero-order valence-corrected chi connectivity index (χ0v) is 13.8. The molecule has 2 heterocycles. The second-order valence-corrected chi connectivity index (χ2v) is 6.05. The average Bonchev–Trinajstić information content (AvgIpc) is 3.14. The van der Waals surface area contributed by atoms with Gasteiger partial charge >= 0.3 is 0 Å². The maximum atomic E-state index is 11.9. The van der Waals surface area contributed by atoms with E-state index in [-0.39, 0.29) is 5.91 Å². The molecule has 1 amide bonds. The summed E-state index contributed by atoms with van der Waals surface area (Å²) in [6, 6.07) is 12.3. The first kappa shape index (κ1) is 15.2. The highest BCUT2D eigenvalue weighted by Gasteiger charge is 2.09. The minimum absolute atomic E-state index is 0.176. The molecule has 0 fully saturated rings. The van der Waals surface area contributed by atoms with Crippen molar-refractivity contribution in [1.82, 2.24) is 9.55 Å². The molecule has 5 heteroatoms. The molecule has 0 saturated carbocycles. The van der Waals surface area contributed by atoms with E-state index in [0.29, 0.717) is 5.13 Å². The first-order valence-corrected chi connectivity index (χ1v) is 8.16. The number of hydrogen-bond donors (Lipinski definition) is 1. The fourth-order valence-electron chi connectivity index (χ4n) is 2.53. The van der Waals surface area contributed by atoms with Gasteiger partial charge in [0.2, 0.25) is 5.91 Å². The summed E-state index contributed by atoms with van der Waals surface area (Å²) in [5.41, 5.74) is 4.38. The van der Waals surface area contributed by atoms with Crippen molar-refractivity contribution >= 4 is 28.5 Å². The summed E-state index contributed by atoms with van der Waals surface area (Å²) in [5.74, 6) is -0.176. The van der Waals surface area contributed by atoms with Gasteiger partial charge in [-0.15, -0.1) is 11.3 Å². The molecule has 3 rings (SSSR count). The molecular weight excluding hydrogens is 306 g/mol. The Morgan fingerprint density at radius 2 is 2.04 bits per heavy atom. The Kier molecular flexibility index (Phi) is 4.39. The fraction of sp³-hybridized carbons (Fsp3) is 0.111. The van der Waals surface area contributed by atoms with Gasteiger partial charge in [-0.05, 0) is 43.7 Å². The third kappa shape index (κ3) is 3.40. The summed E-state index contributed by atoms with van der Waals surface area (Å²) in [6.45, 7) is 4.12. The summed E-state index contributed by atoms with van der Waals surface area (Å²) in [4.78, 5) is 16.0. The first-order valence-electron chi connectivity index (χ1n) is 7.28. The van der Waals surface area contributed by atoms with Gasteiger partial charge in [-0.3, -0.25) is 10.1 Å². The van der Waals surface area contributed by atoms with Crippen LogP contribution < -0.4 is 5.32 Å². The molecule has 4 nitrogen and oxygen atoms in total. The van der Waals surface area contributed by atoms with Crippen molar-refractivity contribution in [1.29, 1.82) is 0 Å². The molecule has 0 aliphatic heterocycles. The van der Waals surface area contributed by atoms with Gasteiger partial charge in [0.15, 0.2) is 5.13 Å². The van der Waals surface area contributed by atoms with Crippen LogP contribution in [0.25, 0.3) is 11.8 Å². The highest BCUT2D eigenvalue weighted by Crippen LogP contribution is 2.21. The van der Waals surface area contributed by atoms with Crippen LogP contribution in [0.2, 0.25) is 0 Å². The molecule has 0 bridgehead atoms. The number of carbonyl (C=O) groups excluding carboxylic acids is 1. The van der Waals surface area contributed by atoms with Gasteiger partial charge in [-0.1, -0.05) is 18.2 Å². The number of aryl methyl sites for hydroxylation is 1. The minimum atomic E-state index is -0.176. The lowest BCUT2D eigenvalue weighted by molar-refractivity contribution is -0.111. The second-order valence-electron chi connectivity index (χ2n) is 5.16. The third-order valence-electron chi connectivity index (χ3n) is 3.56. The van der Waals surface area contributed by atoms with E-state index in [1.807, 2.05) is 29.7 Å². The number of amides is 1. The molecule has 0 spiro atoms. The van der Waals surface area contributed by atoms with Crippen LogP contribution in [0.5, 0.6) is 0 Å². The van der Waals surface area contributed by atoms with E-state index in [1.165, 1.54) is 11.3 Å². The first-order chi connectivity index (χ1) is 11.1. The molecule has 1 N–H and O–H groups in total. The Labute approximate surface area is 139 Å². The van der Waals surface area contributed by atoms with E-state index in [2.05, 4.69) is 46.9 Å². The molecule has 0 atom stereocenters. The van der Waals surface area contributed by atoms with E-state index < -0.39 is 0 Å². The van der Waals surface area contributed by atoms with Crippen LogP contribution in [0, 0.1) is 13.8 Å². The number of rotatable bonds is 4. The summed E-state index contributed by atoms with van der Waals surface area (Å²) in [7, 11) is 0. The van der Waals surface area contributed by atoms with Crippen LogP contribution in [-0.2, 0) is 4.79 Å². The molecule has 1 aromatic carbocycles. The molecule has 2 aromatic heterocycles. The Bertz CT molecular complexity index is 833. The van der Waals surface area contributed by atoms with Crippen molar-refractivity contribution in [3.05, 3.63) is 71.0 Å². The smallest absolute Gasteiger partial charge is 0.250 e. The summed E-state index contributed by atoms with van der Waals surface area (Å²) in [5, 5.41) is 5.17. The minimum Gasteiger partial charge on any atom is -0.318 e. The van der Waals surface area contributed by atoms with E-state index in [0.717, 1.165) is 22.6 Å². The van der Waals surface area contributed by atoms with Crippen molar-refractivity contribution in [2.75, 3.05) is 5.32 Å². The third-order valence-corrected chi connectivity index (χ3v) is 4.25. The number of thiazole rings is 1. The van der Waals surface area contributed by atoms with Crippen LogP contribution in [0.15, 0.2) is 54.1 Å². The lowest BCUT2D eigenvalue weighted by Gasteiger charge is -2.09. The van der Waals surface area contributed by atoms with Gasteiger partial charge in [-0.2, -0.15) is 0 Å². The molecule has 0 aliphatic rings. The lowest BCUT2D eigenvalue weighted by Crippen LogP contribution is -2.07. The van der Waals surface area contributed by atoms with Crippen molar-refractivity contribution < 1.29 is 4.79 Å². The number of benzene rings is 1. The molecular formula is C18H17N3OS. The zero-order valence-electron chi connectivity index (χ0n) is 13.0. The maximum Gasteiger partial charge on any atom is 0.250 e. The van der Waals surface area contributed by atoms with Gasteiger partial charge in [0.25, 0.3) is 0 Å². The van der Waals surface area contributed by atoms with Crippen LogP contribution in [-0.4, -0.2) is 15.5 Å². The lowest BCUT2D eigenvalue weighted by atomic mass is 10.2. The monoisotopic (exact) mass is 323 g/mol. The SMILES string of the molecule is Cc1cc(/C=C/C(=O)Nc2nccs2)c(C)n1-c1ccccc1. The maximum absolute atomic E-state index is 11.9. The molecule has 0 unspecified atom stereocenters. The number of carbonyl (C=O) groups is 1. The second kappa shape index (κ2) is 6.62. The summed E-state index contributed by atoms with van der Waals surface area (Å²) in [6.07, 6.45) is 5.04. The van der Waals surface area contributed by atoms with Gasteiger partial charge in [0.1, 0.15) is 0 Å². The predicted octanol–water partition coefficient (Wildman–Crippen LogP) is 4.20. The van der Waals surface area contributed by atoms with Crippen molar-refractivity contribution in [3.63, 3.8) is 0 Å². The number of hydrogen-bond acceptors (Lipinski definition) is 3. The van der Waals surface area contributed by atoms with Gasteiger partial charge < -0.3 is 4.57 Å². The Morgan fingerprint density at radius 3 is 2.74 bits per heavy atom. The van der Waals surface area contributed by atoms with Crippen molar-refractivity contribution in [2.24, 2.45) is 0 Å². The molecule has 116 valence electrons. The molecule has 23 heavy (non-hydrogen) atoms. The van der Waals surface area contributed by atoms with Gasteiger partial charge in [0, 0.05) is 34.7 Å². The molecule has 0 radical (unpaired) electrons. The number of para-hydroxylation sites is 1. The van der Waals surface area contributed by atoms with E-state index >= 15 is 0 Å². The zero-order chi connectivity index (χ0) is 16.2. The van der Waals surface area contributed by atoms with E-state index in [4.69, 9.17) is 0 Å². The standard InChI is InChI=1S/C18H17N3OS/c1-13-12-15(8-9-17(22)20-18-19-10-11-23-18)14(2)21(13)16-6-4-3-5-7-16/h3-12H,1-2H3,(H,19,20,22)/b9-8+. The van der Waals surface area contributed by atoms with Crippen LogP contribution in [0.1, 0.15) is 17.0 Å². The van der Waals surface area contributed by atoms with Gasteiger partial charge in [-0.25, -0.2) is 4.98 Å². The number of nitrogens with zero attached hydrogens (tertiary/aromatic N) is 2. The Morgan fingerprint density at radius 1 is 1.26 bits per heavy atom. The molecule has 0 saturated heterocycles. The highest BCUT2D eigenvalue weighted by atomic mass is 32.1. The highest BCUT2D eigenvalue weighted by molar-refractivity contribution is 7.13. The van der Waals surface area contributed by atoms with Crippen LogP contribution in [0.4, 0.5) is 5.13 Å². The largest absolute Gasteiger partial charge is 0.318 e.